The predicted octanol–water partition coefficient (Wildman–Crippen LogP) is -0.860. The van der Waals surface area contributed by atoms with Crippen LogP contribution in [0.15, 0.2) is 0 Å². The van der Waals surface area contributed by atoms with Gasteiger partial charge in [-0.2, -0.15) is 0 Å². The average molecular weight is 180 g/mol. The Balaban J connectivity index is 3.28. The summed E-state index contributed by atoms with van der Waals surface area (Å²) in [4.78, 5) is 9.97. The molecule has 0 rings (SSSR count). The van der Waals surface area contributed by atoms with Crippen molar-refractivity contribution in [2.75, 3.05) is 27.1 Å². The number of carboxylic acids is 1. The minimum atomic E-state index is -1.74. The van der Waals surface area contributed by atoms with Crippen LogP contribution < -0.4 is 0 Å². The summed E-state index contributed by atoms with van der Waals surface area (Å²) >= 11 is 0. The van der Waals surface area contributed by atoms with Gasteiger partial charge < -0.3 is 18.7 Å². The number of hydrogen-bond acceptors (Lipinski definition) is 4. The van der Waals surface area contributed by atoms with Gasteiger partial charge in [-0.15, -0.1) is 0 Å². The Hall–Kier alpha value is -0.433. The summed E-state index contributed by atoms with van der Waals surface area (Å²) in [5, 5.41) is 8.18. The minimum Gasteiger partial charge on any atom is -0.480 e. The van der Waals surface area contributed by atoms with Crippen molar-refractivity contribution >= 4 is 15.3 Å². The molecule has 0 atom stereocenters. The van der Waals surface area contributed by atoms with Gasteiger partial charge in [-0.3, -0.25) is 0 Å². The molecule has 0 heterocycles. The van der Waals surface area contributed by atoms with E-state index in [1.807, 2.05) is 0 Å². The number of hydrogen-bond donors (Lipinski definition) is 1. The van der Waals surface area contributed by atoms with Crippen LogP contribution >= 0.6 is 0 Å². The molecule has 1 N–H and O–H groups in total. The highest BCUT2D eigenvalue weighted by Gasteiger charge is 2.09. The van der Waals surface area contributed by atoms with Gasteiger partial charge in [0.15, 0.2) is 0 Å². The highest BCUT2D eigenvalue weighted by Crippen LogP contribution is 1.86. The first-order valence-electron chi connectivity index (χ1n) is 3.05. The SMILES string of the molecule is CO[SiH](COCC(=O)O)OC. The van der Waals surface area contributed by atoms with Crippen LogP contribution in [0.1, 0.15) is 0 Å². The summed E-state index contributed by atoms with van der Waals surface area (Å²) in [6.07, 6.45) is 0.263. The Labute approximate surface area is 66.7 Å². The fourth-order valence-corrected chi connectivity index (χ4v) is 1.25. The van der Waals surface area contributed by atoms with E-state index in [4.69, 9.17) is 18.7 Å². The van der Waals surface area contributed by atoms with E-state index in [1.165, 1.54) is 14.2 Å². The third-order valence-electron chi connectivity index (χ3n) is 1.01. The predicted molar refractivity (Wildman–Crippen MR) is 39.6 cm³/mol. The number of rotatable bonds is 6. The first kappa shape index (κ1) is 10.6. The van der Waals surface area contributed by atoms with Gasteiger partial charge in [0.2, 0.25) is 0 Å². The van der Waals surface area contributed by atoms with E-state index >= 15 is 0 Å². The van der Waals surface area contributed by atoms with E-state index in [-0.39, 0.29) is 12.8 Å². The van der Waals surface area contributed by atoms with E-state index in [0.29, 0.717) is 0 Å². The summed E-state index contributed by atoms with van der Waals surface area (Å²) in [7, 11) is 1.30. The number of ether oxygens (including phenoxy) is 1. The maximum Gasteiger partial charge on any atom is 0.347 e. The molecule has 5 nitrogen and oxygen atoms in total. The summed E-state index contributed by atoms with van der Waals surface area (Å²) in [5.41, 5.74) is 0. The van der Waals surface area contributed by atoms with E-state index < -0.39 is 15.3 Å². The summed E-state index contributed by atoms with van der Waals surface area (Å²) in [6, 6.07) is 0. The maximum atomic E-state index is 9.97. The monoisotopic (exact) mass is 180 g/mol. The third kappa shape index (κ3) is 5.98. The van der Waals surface area contributed by atoms with Crippen LogP contribution in [0.2, 0.25) is 0 Å². The third-order valence-corrected chi connectivity index (χ3v) is 2.56. The molecule has 0 aromatic heterocycles. The Kier molecular flexibility index (Phi) is 6.04. The molecular weight excluding hydrogens is 168 g/mol. The molecule has 0 aromatic rings. The average Bonchev–Trinajstić information content (AvgIpc) is 1.98. The maximum absolute atomic E-state index is 9.97. The Bertz CT molecular complexity index is 113. The van der Waals surface area contributed by atoms with Gasteiger partial charge in [0, 0.05) is 14.2 Å². The highest BCUT2D eigenvalue weighted by molar-refractivity contribution is 6.44. The lowest BCUT2D eigenvalue weighted by molar-refractivity contribution is -0.141. The van der Waals surface area contributed by atoms with Crippen LogP contribution in [0.5, 0.6) is 0 Å². The fraction of sp³-hybridized carbons (Fsp3) is 0.800. The van der Waals surface area contributed by atoms with Crippen LogP contribution in [0.4, 0.5) is 0 Å². The molecule has 0 aliphatic heterocycles. The van der Waals surface area contributed by atoms with Crippen molar-refractivity contribution in [3.8, 4) is 0 Å². The Morgan fingerprint density at radius 2 is 2.00 bits per heavy atom. The first-order chi connectivity index (χ1) is 5.20. The Morgan fingerprint density at radius 1 is 1.45 bits per heavy atom. The summed E-state index contributed by atoms with van der Waals surface area (Å²) < 4.78 is 14.5. The summed E-state index contributed by atoms with van der Waals surface area (Å²) in [6.45, 7) is -0.295. The number of carbonyl (C=O) groups is 1. The lowest BCUT2D eigenvalue weighted by Crippen LogP contribution is -2.27. The fourth-order valence-electron chi connectivity index (χ4n) is 0.475. The lowest BCUT2D eigenvalue weighted by atomic mass is 10.8. The van der Waals surface area contributed by atoms with Crippen LogP contribution in [0.25, 0.3) is 0 Å². The standard InChI is InChI=1S/C5H12O5Si/c1-8-11(9-2)4-10-3-5(6)7/h11H,3-4H2,1-2H3,(H,6,7). The molecule has 0 aliphatic carbocycles. The summed E-state index contributed by atoms with van der Waals surface area (Å²) in [5.74, 6) is -0.982. The first-order valence-corrected chi connectivity index (χ1v) is 4.81. The Morgan fingerprint density at radius 3 is 2.36 bits per heavy atom. The largest absolute Gasteiger partial charge is 0.480 e. The van der Waals surface area contributed by atoms with Crippen LogP contribution in [0.3, 0.4) is 0 Å². The molecule has 11 heavy (non-hydrogen) atoms. The van der Waals surface area contributed by atoms with Crippen LogP contribution in [-0.2, 0) is 18.4 Å². The molecule has 0 fully saturated rings. The second-order valence-electron chi connectivity index (χ2n) is 1.81. The van der Waals surface area contributed by atoms with Crippen LogP contribution in [-0.4, -0.2) is 47.4 Å². The van der Waals surface area contributed by atoms with Crippen molar-refractivity contribution in [3.63, 3.8) is 0 Å². The topological polar surface area (TPSA) is 65.0 Å². The van der Waals surface area contributed by atoms with Gasteiger partial charge in [-0.25, -0.2) is 4.79 Å². The van der Waals surface area contributed by atoms with E-state index in [0.717, 1.165) is 0 Å². The van der Waals surface area contributed by atoms with Gasteiger partial charge in [0.25, 0.3) is 0 Å². The molecule has 0 saturated carbocycles. The molecule has 6 heteroatoms. The van der Waals surface area contributed by atoms with E-state index in [9.17, 15) is 4.79 Å². The smallest absolute Gasteiger partial charge is 0.347 e. The van der Waals surface area contributed by atoms with Crippen molar-refractivity contribution in [3.05, 3.63) is 0 Å². The zero-order valence-electron chi connectivity index (χ0n) is 6.57. The minimum absolute atomic E-state index is 0.263. The van der Waals surface area contributed by atoms with Gasteiger partial charge in [0.1, 0.15) is 6.61 Å². The van der Waals surface area contributed by atoms with Crippen molar-refractivity contribution in [2.45, 2.75) is 0 Å². The second-order valence-corrected chi connectivity index (χ2v) is 3.95. The van der Waals surface area contributed by atoms with Crippen LogP contribution in [0, 0.1) is 0 Å². The van der Waals surface area contributed by atoms with Crippen molar-refractivity contribution in [2.24, 2.45) is 0 Å². The molecule has 0 aromatic carbocycles. The molecule has 0 spiro atoms. The zero-order chi connectivity index (χ0) is 8.69. The molecule has 66 valence electrons. The van der Waals surface area contributed by atoms with Gasteiger partial charge in [-0.05, 0) is 0 Å². The molecular formula is C5H12O5Si. The normalized spacial score (nSPS) is 10.5. The van der Waals surface area contributed by atoms with Gasteiger partial charge >= 0.3 is 15.3 Å². The molecule has 0 aliphatic rings. The molecule has 0 bridgehead atoms. The molecule has 0 unspecified atom stereocenters. The van der Waals surface area contributed by atoms with Crippen molar-refractivity contribution in [1.82, 2.24) is 0 Å². The number of carboxylic acid groups (broad SMARTS) is 1. The van der Waals surface area contributed by atoms with Crippen molar-refractivity contribution < 1.29 is 23.5 Å². The molecule has 0 saturated heterocycles. The highest BCUT2D eigenvalue weighted by atomic mass is 28.3. The van der Waals surface area contributed by atoms with Crippen molar-refractivity contribution in [1.29, 1.82) is 0 Å². The quantitative estimate of drug-likeness (QED) is 0.539. The van der Waals surface area contributed by atoms with Gasteiger partial charge in [0.05, 0.1) is 6.23 Å². The van der Waals surface area contributed by atoms with Gasteiger partial charge in [-0.1, -0.05) is 0 Å². The lowest BCUT2D eigenvalue weighted by Gasteiger charge is -2.09. The molecule has 0 radical (unpaired) electrons. The van der Waals surface area contributed by atoms with E-state index in [2.05, 4.69) is 0 Å². The van der Waals surface area contributed by atoms with E-state index in [1.54, 1.807) is 0 Å². The second kappa shape index (κ2) is 6.29. The molecule has 0 amide bonds. The zero-order valence-corrected chi connectivity index (χ0v) is 7.73. The number of aliphatic carboxylic acids is 1.